The van der Waals surface area contributed by atoms with Crippen molar-refractivity contribution in [2.45, 2.75) is 38.3 Å². The normalized spacial score (nSPS) is 16.0. The van der Waals surface area contributed by atoms with Crippen LogP contribution in [0.5, 0.6) is 0 Å². The third kappa shape index (κ3) is 3.84. The fraction of sp³-hybridized carbons (Fsp3) is 0.471. The van der Waals surface area contributed by atoms with E-state index in [0.29, 0.717) is 5.56 Å². The van der Waals surface area contributed by atoms with Crippen LogP contribution in [0.3, 0.4) is 0 Å². The van der Waals surface area contributed by atoms with Gasteiger partial charge in [0.1, 0.15) is 0 Å². The van der Waals surface area contributed by atoms with E-state index < -0.39 is 23.1 Å². The number of hydrogen-bond acceptors (Lipinski definition) is 4. The van der Waals surface area contributed by atoms with Crippen molar-refractivity contribution in [1.82, 2.24) is 25.6 Å². The summed E-state index contributed by atoms with van der Waals surface area (Å²) >= 11 is 0. The molecule has 2 N–H and O–H groups in total. The lowest BCUT2D eigenvalue weighted by atomic mass is 9.94. The van der Waals surface area contributed by atoms with Gasteiger partial charge in [0, 0.05) is 0 Å². The number of nitrogens with one attached hydrogen (secondary N) is 2. The molecule has 1 saturated heterocycles. The van der Waals surface area contributed by atoms with Crippen LogP contribution in [-0.2, 0) is 5.54 Å². The van der Waals surface area contributed by atoms with Crippen molar-refractivity contribution in [3.63, 3.8) is 0 Å². The number of hydrogen-bond donors (Lipinski definition) is 2. The van der Waals surface area contributed by atoms with E-state index in [0.717, 1.165) is 38.1 Å². The molecule has 0 spiro atoms. The second-order valence-corrected chi connectivity index (χ2v) is 6.77. The van der Waals surface area contributed by atoms with Gasteiger partial charge >= 0.3 is 0 Å². The molecule has 0 bridgehead atoms. The van der Waals surface area contributed by atoms with Gasteiger partial charge in [-0.1, -0.05) is 11.3 Å². The van der Waals surface area contributed by atoms with Crippen LogP contribution in [0.2, 0.25) is 0 Å². The van der Waals surface area contributed by atoms with E-state index in [1.807, 2.05) is 0 Å². The van der Waals surface area contributed by atoms with E-state index in [9.17, 15) is 13.6 Å². The average molecular weight is 349 g/mol. The summed E-state index contributed by atoms with van der Waals surface area (Å²) in [5.41, 5.74) is -0.218. The van der Waals surface area contributed by atoms with Crippen LogP contribution < -0.4 is 10.6 Å². The molecule has 0 aliphatic carbocycles. The molecule has 1 amide bonds. The van der Waals surface area contributed by atoms with E-state index in [2.05, 4.69) is 20.9 Å². The number of nitrogens with zero attached hydrogens (tertiary/aromatic N) is 3. The molecule has 1 fully saturated rings. The van der Waals surface area contributed by atoms with E-state index in [1.165, 1.54) is 6.07 Å². The van der Waals surface area contributed by atoms with Gasteiger partial charge in [0.25, 0.3) is 5.91 Å². The third-order valence-electron chi connectivity index (χ3n) is 4.49. The van der Waals surface area contributed by atoms with Crippen LogP contribution in [0.15, 0.2) is 24.4 Å². The van der Waals surface area contributed by atoms with Gasteiger partial charge in [-0.3, -0.25) is 4.79 Å². The highest BCUT2D eigenvalue weighted by Crippen LogP contribution is 2.23. The van der Waals surface area contributed by atoms with Gasteiger partial charge in [0.05, 0.1) is 17.8 Å². The Balaban J connectivity index is 1.72. The van der Waals surface area contributed by atoms with Crippen LogP contribution in [0.4, 0.5) is 8.78 Å². The quantitative estimate of drug-likeness (QED) is 0.887. The summed E-state index contributed by atoms with van der Waals surface area (Å²) < 4.78 is 28.3. The lowest BCUT2D eigenvalue weighted by Crippen LogP contribution is -2.41. The van der Waals surface area contributed by atoms with Crippen molar-refractivity contribution in [2.24, 2.45) is 0 Å². The number of carbonyl (C=O) groups is 1. The zero-order valence-electron chi connectivity index (χ0n) is 14.2. The van der Waals surface area contributed by atoms with Crippen LogP contribution in [0.25, 0.3) is 0 Å². The van der Waals surface area contributed by atoms with Crippen LogP contribution in [0, 0.1) is 11.6 Å². The van der Waals surface area contributed by atoms with Crippen molar-refractivity contribution in [3.05, 3.63) is 47.3 Å². The fourth-order valence-corrected chi connectivity index (χ4v) is 2.94. The molecule has 1 aliphatic rings. The zero-order chi connectivity index (χ0) is 18.0. The minimum atomic E-state index is -0.948. The Hall–Kier alpha value is -2.35. The zero-order valence-corrected chi connectivity index (χ0v) is 14.2. The van der Waals surface area contributed by atoms with Gasteiger partial charge < -0.3 is 10.6 Å². The smallest absolute Gasteiger partial charge is 0.274 e. The van der Waals surface area contributed by atoms with Gasteiger partial charge in [0.2, 0.25) is 0 Å². The Morgan fingerprint density at radius 1 is 1.28 bits per heavy atom. The van der Waals surface area contributed by atoms with Gasteiger partial charge in [-0.15, -0.1) is 5.10 Å². The summed E-state index contributed by atoms with van der Waals surface area (Å²) in [6, 6.07) is 3.81. The third-order valence-corrected chi connectivity index (χ3v) is 4.49. The van der Waals surface area contributed by atoms with E-state index in [1.54, 1.807) is 24.7 Å². The Morgan fingerprint density at radius 2 is 2.00 bits per heavy atom. The topological polar surface area (TPSA) is 71.8 Å². The first-order valence-corrected chi connectivity index (χ1v) is 8.27. The van der Waals surface area contributed by atoms with Gasteiger partial charge in [0.15, 0.2) is 17.3 Å². The molecule has 1 aliphatic heterocycles. The van der Waals surface area contributed by atoms with Gasteiger partial charge in [-0.2, -0.15) is 0 Å². The predicted octanol–water partition coefficient (Wildman–Crippen LogP) is 2.15. The number of benzene rings is 1. The van der Waals surface area contributed by atoms with E-state index in [-0.39, 0.29) is 11.7 Å². The first-order chi connectivity index (χ1) is 11.9. The molecule has 0 atom stereocenters. The molecule has 0 unspecified atom stereocenters. The van der Waals surface area contributed by atoms with E-state index in [4.69, 9.17) is 0 Å². The molecule has 8 heteroatoms. The highest BCUT2D eigenvalue weighted by atomic mass is 19.2. The van der Waals surface area contributed by atoms with Crippen LogP contribution in [0.1, 0.15) is 48.8 Å². The molecule has 2 aromatic rings. The lowest BCUT2D eigenvalue weighted by molar-refractivity contribution is 0.0906. The molecule has 0 saturated carbocycles. The minimum Gasteiger partial charge on any atom is -0.342 e. The SMILES string of the molecule is CC(C)(NC(=O)c1cn(C2CCNCC2)nn1)c1ccc(F)c(F)c1. The fourth-order valence-electron chi connectivity index (χ4n) is 2.94. The summed E-state index contributed by atoms with van der Waals surface area (Å²) in [4.78, 5) is 12.5. The second-order valence-electron chi connectivity index (χ2n) is 6.77. The summed E-state index contributed by atoms with van der Waals surface area (Å²) in [5, 5.41) is 14.1. The van der Waals surface area contributed by atoms with E-state index >= 15 is 0 Å². The number of amides is 1. The predicted molar refractivity (Wildman–Crippen MR) is 88.0 cm³/mol. The van der Waals surface area contributed by atoms with Gasteiger partial charge in [-0.25, -0.2) is 13.5 Å². The molecule has 25 heavy (non-hydrogen) atoms. The summed E-state index contributed by atoms with van der Waals surface area (Å²) in [6.45, 7) is 5.26. The Bertz CT molecular complexity index is 768. The maximum atomic E-state index is 13.5. The van der Waals surface area contributed by atoms with Crippen molar-refractivity contribution >= 4 is 5.91 Å². The molecule has 134 valence electrons. The number of rotatable bonds is 4. The average Bonchev–Trinajstić information content (AvgIpc) is 3.08. The highest BCUT2D eigenvalue weighted by molar-refractivity contribution is 5.92. The largest absolute Gasteiger partial charge is 0.342 e. The molecule has 1 aromatic heterocycles. The number of aromatic nitrogens is 3. The summed E-state index contributed by atoms with van der Waals surface area (Å²) in [5.74, 6) is -2.28. The summed E-state index contributed by atoms with van der Waals surface area (Å²) in [6.07, 6.45) is 3.50. The molecular weight excluding hydrogens is 328 g/mol. The first kappa shape index (κ1) is 17.5. The van der Waals surface area contributed by atoms with Crippen molar-refractivity contribution in [3.8, 4) is 0 Å². The molecule has 3 rings (SSSR count). The molecular formula is C17H21F2N5O. The Morgan fingerprint density at radius 3 is 2.68 bits per heavy atom. The second kappa shape index (κ2) is 6.87. The van der Waals surface area contributed by atoms with Crippen molar-refractivity contribution in [1.29, 1.82) is 0 Å². The minimum absolute atomic E-state index is 0.203. The van der Waals surface area contributed by atoms with Crippen molar-refractivity contribution < 1.29 is 13.6 Å². The Kier molecular flexibility index (Phi) is 4.80. The number of halogens is 2. The number of carbonyl (C=O) groups excluding carboxylic acids is 1. The maximum absolute atomic E-state index is 13.5. The molecule has 6 nitrogen and oxygen atoms in total. The first-order valence-electron chi connectivity index (χ1n) is 8.27. The standard InChI is InChI=1S/C17H21F2N5O/c1-17(2,11-3-4-13(18)14(19)9-11)21-16(25)15-10-24(23-22-15)12-5-7-20-8-6-12/h3-4,9-10,12,20H,5-8H2,1-2H3,(H,21,25). The Labute approximate surface area is 144 Å². The summed E-state index contributed by atoms with van der Waals surface area (Å²) in [7, 11) is 0. The maximum Gasteiger partial charge on any atom is 0.274 e. The van der Waals surface area contributed by atoms with Crippen molar-refractivity contribution in [2.75, 3.05) is 13.1 Å². The number of piperidine rings is 1. The lowest BCUT2D eigenvalue weighted by Gasteiger charge is -2.26. The molecule has 0 radical (unpaired) electrons. The van der Waals surface area contributed by atoms with Gasteiger partial charge in [-0.05, 0) is 57.5 Å². The van der Waals surface area contributed by atoms with Crippen LogP contribution in [-0.4, -0.2) is 34.0 Å². The van der Waals surface area contributed by atoms with Crippen LogP contribution >= 0.6 is 0 Å². The highest BCUT2D eigenvalue weighted by Gasteiger charge is 2.26. The molecule has 2 heterocycles. The molecule has 1 aromatic carbocycles. The monoisotopic (exact) mass is 349 g/mol.